The fourth-order valence-corrected chi connectivity index (χ4v) is 7.35. The lowest BCUT2D eigenvalue weighted by Crippen LogP contribution is -2.20. The number of halogens is 1. The fourth-order valence-electron chi connectivity index (χ4n) is 2.80. The van der Waals surface area contributed by atoms with Crippen molar-refractivity contribution in [2.45, 2.75) is 10.1 Å². The predicted molar refractivity (Wildman–Crippen MR) is 122 cm³/mol. The monoisotopic (exact) mass is 482 g/mol. The molecule has 3 heterocycles. The first-order chi connectivity index (χ1) is 13.9. The Morgan fingerprint density at radius 1 is 1.17 bits per heavy atom. The van der Waals surface area contributed by atoms with Crippen molar-refractivity contribution in [1.82, 2.24) is 9.55 Å². The van der Waals surface area contributed by atoms with Crippen LogP contribution in [0, 0.1) is 0 Å². The molecule has 1 aromatic carbocycles. The van der Waals surface area contributed by atoms with E-state index in [9.17, 15) is 13.2 Å². The Balaban J connectivity index is 1.57. The van der Waals surface area contributed by atoms with E-state index in [1.54, 1.807) is 30.5 Å². The topological polar surface area (TPSA) is 69.0 Å². The molecule has 0 N–H and O–H groups in total. The van der Waals surface area contributed by atoms with Crippen LogP contribution >= 0.6 is 46.0 Å². The molecule has 0 atom stereocenters. The summed E-state index contributed by atoms with van der Waals surface area (Å²) in [5.74, 6) is 0.234. The van der Waals surface area contributed by atoms with Crippen molar-refractivity contribution in [2.24, 2.45) is 7.05 Å². The number of rotatable bonds is 6. The Hall–Kier alpha value is -1.65. The Morgan fingerprint density at radius 2 is 1.93 bits per heavy atom. The Bertz CT molecular complexity index is 1320. The number of thioether (sulfide) groups is 1. The molecule has 0 saturated carbocycles. The number of aromatic nitrogens is 2. The Morgan fingerprint density at radius 3 is 2.62 bits per heavy atom. The summed E-state index contributed by atoms with van der Waals surface area (Å²) in [6.07, 6.45) is 0. The molecule has 150 valence electrons. The van der Waals surface area contributed by atoms with Gasteiger partial charge in [-0.25, -0.2) is 13.4 Å². The molecule has 0 aliphatic carbocycles. The predicted octanol–water partition coefficient (Wildman–Crippen LogP) is 4.94. The first kappa shape index (κ1) is 20.6. The molecule has 4 aromatic rings. The van der Waals surface area contributed by atoms with Gasteiger partial charge in [0.2, 0.25) is 0 Å². The summed E-state index contributed by atoms with van der Waals surface area (Å²) >= 11 is 10.1. The van der Waals surface area contributed by atoms with E-state index in [1.165, 1.54) is 39.8 Å². The summed E-state index contributed by atoms with van der Waals surface area (Å²) < 4.78 is 26.5. The largest absolute Gasteiger partial charge is 0.290 e. The van der Waals surface area contributed by atoms with E-state index in [-0.39, 0.29) is 16.2 Å². The van der Waals surface area contributed by atoms with E-state index in [4.69, 9.17) is 11.6 Å². The zero-order valence-electron chi connectivity index (χ0n) is 15.2. The second-order valence-electron chi connectivity index (χ2n) is 6.19. The number of thiophene rings is 2. The average Bonchev–Trinajstić information content (AvgIpc) is 3.35. The molecule has 0 amide bonds. The van der Waals surface area contributed by atoms with E-state index in [1.807, 2.05) is 22.9 Å². The molecule has 5 nitrogen and oxygen atoms in total. The molecule has 0 aliphatic heterocycles. The van der Waals surface area contributed by atoms with E-state index in [0.29, 0.717) is 26.1 Å². The van der Waals surface area contributed by atoms with Crippen LogP contribution in [0.2, 0.25) is 5.02 Å². The van der Waals surface area contributed by atoms with Gasteiger partial charge < -0.3 is 0 Å². The second kappa shape index (κ2) is 8.23. The average molecular weight is 483 g/mol. The van der Waals surface area contributed by atoms with Gasteiger partial charge >= 0.3 is 0 Å². The van der Waals surface area contributed by atoms with Gasteiger partial charge in [0.25, 0.3) is 5.56 Å². The number of benzene rings is 1. The van der Waals surface area contributed by atoms with Gasteiger partial charge in [-0.2, -0.15) is 0 Å². The molecule has 10 heteroatoms. The van der Waals surface area contributed by atoms with E-state index in [2.05, 4.69) is 4.98 Å². The van der Waals surface area contributed by atoms with Crippen molar-refractivity contribution in [3.8, 4) is 10.4 Å². The molecule has 0 saturated heterocycles. The van der Waals surface area contributed by atoms with Crippen LogP contribution < -0.4 is 5.56 Å². The lowest BCUT2D eigenvalue weighted by atomic mass is 10.2. The van der Waals surface area contributed by atoms with Gasteiger partial charge in [-0.1, -0.05) is 29.4 Å². The molecule has 4 rings (SSSR count). The van der Waals surface area contributed by atoms with Gasteiger partial charge in [-0.05, 0) is 35.7 Å². The van der Waals surface area contributed by atoms with Crippen molar-refractivity contribution in [1.29, 1.82) is 0 Å². The summed E-state index contributed by atoms with van der Waals surface area (Å²) in [4.78, 5) is 19.5. The van der Waals surface area contributed by atoms with Crippen molar-refractivity contribution >= 4 is 66.1 Å². The smallest absolute Gasteiger partial charge is 0.263 e. The third-order valence-electron chi connectivity index (χ3n) is 4.32. The van der Waals surface area contributed by atoms with Crippen LogP contribution in [0.4, 0.5) is 0 Å². The number of hydrogen-bond donors (Lipinski definition) is 0. The normalized spacial score (nSPS) is 11.9. The summed E-state index contributed by atoms with van der Waals surface area (Å²) in [7, 11) is -1.76. The molecular formula is C19H15ClN2O3S4. The molecule has 0 spiro atoms. The summed E-state index contributed by atoms with van der Waals surface area (Å²) in [6.45, 7) is 0. The highest BCUT2D eigenvalue weighted by Crippen LogP contribution is 2.34. The van der Waals surface area contributed by atoms with Gasteiger partial charge in [0.05, 0.1) is 16.0 Å². The molecular weight excluding hydrogens is 468 g/mol. The zero-order chi connectivity index (χ0) is 20.6. The molecule has 0 bridgehead atoms. The Kier molecular flexibility index (Phi) is 5.85. The minimum absolute atomic E-state index is 0.0574. The van der Waals surface area contributed by atoms with Crippen LogP contribution in [0.5, 0.6) is 0 Å². The van der Waals surface area contributed by atoms with E-state index >= 15 is 0 Å². The van der Waals surface area contributed by atoms with Crippen LogP contribution in [0.3, 0.4) is 0 Å². The van der Waals surface area contributed by atoms with Crippen LogP contribution in [0.1, 0.15) is 0 Å². The summed E-state index contributed by atoms with van der Waals surface area (Å²) in [5, 5.41) is 5.53. The first-order valence-corrected chi connectivity index (χ1v) is 13.3. The maximum Gasteiger partial charge on any atom is 0.263 e. The van der Waals surface area contributed by atoms with Crippen molar-refractivity contribution in [2.75, 3.05) is 11.5 Å². The SMILES string of the molecule is Cn1c(SCCS(=O)(=O)c2ccc(Cl)cc2)nc2scc(-c3cccs3)c2c1=O. The molecule has 0 radical (unpaired) electrons. The minimum Gasteiger partial charge on any atom is -0.290 e. The minimum atomic E-state index is -3.43. The third-order valence-corrected chi connectivity index (χ3v) is 9.37. The van der Waals surface area contributed by atoms with Crippen molar-refractivity contribution in [3.63, 3.8) is 0 Å². The van der Waals surface area contributed by atoms with Crippen LogP contribution in [-0.4, -0.2) is 29.5 Å². The maximum atomic E-state index is 12.9. The van der Waals surface area contributed by atoms with E-state index < -0.39 is 9.84 Å². The van der Waals surface area contributed by atoms with Gasteiger partial charge in [0.15, 0.2) is 15.0 Å². The van der Waals surface area contributed by atoms with Gasteiger partial charge in [0.1, 0.15) is 4.83 Å². The molecule has 0 fully saturated rings. The fraction of sp³-hybridized carbons (Fsp3) is 0.158. The summed E-state index contributed by atoms with van der Waals surface area (Å²) in [6, 6.07) is 10.1. The highest BCUT2D eigenvalue weighted by atomic mass is 35.5. The van der Waals surface area contributed by atoms with Gasteiger partial charge in [-0.3, -0.25) is 9.36 Å². The lowest BCUT2D eigenvalue weighted by molar-refractivity contribution is 0.597. The maximum absolute atomic E-state index is 12.9. The number of nitrogens with zero attached hydrogens (tertiary/aromatic N) is 2. The zero-order valence-corrected chi connectivity index (χ0v) is 19.2. The first-order valence-electron chi connectivity index (χ1n) is 8.50. The Labute approximate surface area is 184 Å². The molecule has 3 aromatic heterocycles. The highest BCUT2D eigenvalue weighted by molar-refractivity contribution is 8.00. The lowest BCUT2D eigenvalue weighted by Gasteiger charge is -2.08. The number of fused-ring (bicyclic) bond motifs is 1. The highest BCUT2D eigenvalue weighted by Gasteiger charge is 2.18. The molecule has 29 heavy (non-hydrogen) atoms. The van der Waals surface area contributed by atoms with Crippen LogP contribution in [0.15, 0.2) is 62.0 Å². The third kappa shape index (κ3) is 4.15. The van der Waals surface area contributed by atoms with Gasteiger partial charge in [0, 0.05) is 33.6 Å². The van der Waals surface area contributed by atoms with E-state index in [0.717, 1.165) is 10.4 Å². The number of sulfone groups is 1. The quantitative estimate of drug-likeness (QED) is 0.287. The number of hydrogen-bond acceptors (Lipinski definition) is 7. The second-order valence-corrected chi connectivity index (χ2v) is 11.6. The van der Waals surface area contributed by atoms with Crippen molar-refractivity contribution < 1.29 is 8.42 Å². The standard InChI is InChI=1S/C19H15ClN2O3S4/c1-22-18(23)16-14(15-3-2-8-26-15)11-28-17(16)21-19(22)27-9-10-29(24,25)13-6-4-12(20)5-7-13/h2-8,11H,9-10H2,1H3. The summed E-state index contributed by atoms with van der Waals surface area (Å²) in [5.41, 5.74) is 0.776. The van der Waals surface area contributed by atoms with Crippen LogP contribution in [0.25, 0.3) is 20.7 Å². The van der Waals surface area contributed by atoms with Crippen molar-refractivity contribution in [3.05, 3.63) is 62.5 Å². The van der Waals surface area contributed by atoms with Gasteiger partial charge in [-0.15, -0.1) is 22.7 Å². The molecule has 0 unspecified atom stereocenters. The molecule has 0 aliphatic rings. The van der Waals surface area contributed by atoms with Crippen LogP contribution in [-0.2, 0) is 16.9 Å².